The third kappa shape index (κ3) is 4.80. The van der Waals surface area contributed by atoms with Crippen LogP contribution in [0, 0.1) is 17.7 Å². The van der Waals surface area contributed by atoms with Crippen molar-refractivity contribution in [2.45, 2.75) is 20.3 Å². The highest BCUT2D eigenvalue weighted by Crippen LogP contribution is 2.12. The topological polar surface area (TPSA) is 62.6 Å². The normalized spacial score (nSPS) is 24.6. The number of urea groups is 1. The van der Waals surface area contributed by atoms with E-state index in [-0.39, 0.29) is 18.1 Å². The maximum Gasteiger partial charge on any atom is 0.326 e. The molecule has 1 aliphatic rings. The Morgan fingerprint density at radius 1 is 1.23 bits per heavy atom. The number of nitrogens with one attached hydrogen (secondary N) is 3. The van der Waals surface area contributed by atoms with Gasteiger partial charge in [0.15, 0.2) is 6.54 Å². The maximum absolute atomic E-state index is 13.4. The number of hydrogen-bond acceptors (Lipinski definition) is 2. The molecule has 1 fully saturated rings. The van der Waals surface area contributed by atoms with E-state index in [9.17, 15) is 14.0 Å². The molecule has 6 heteroatoms. The predicted molar refractivity (Wildman–Crippen MR) is 82.1 cm³/mol. The van der Waals surface area contributed by atoms with Gasteiger partial charge in [-0.15, -0.1) is 0 Å². The molecule has 1 aliphatic heterocycles. The van der Waals surface area contributed by atoms with E-state index < -0.39 is 11.8 Å². The van der Waals surface area contributed by atoms with Gasteiger partial charge in [0.2, 0.25) is 0 Å². The minimum absolute atomic E-state index is 0.0559. The number of amides is 3. The van der Waals surface area contributed by atoms with E-state index in [1.807, 2.05) is 0 Å². The minimum Gasteiger partial charge on any atom is -0.327 e. The molecule has 0 bridgehead atoms. The molecule has 3 N–H and O–H groups in total. The lowest BCUT2D eigenvalue weighted by Gasteiger charge is -2.31. The summed E-state index contributed by atoms with van der Waals surface area (Å²) in [6, 6.07) is 5.14. The molecule has 0 aromatic heterocycles. The van der Waals surface area contributed by atoms with Crippen molar-refractivity contribution in [2.24, 2.45) is 11.8 Å². The van der Waals surface area contributed by atoms with Gasteiger partial charge < -0.3 is 10.2 Å². The average molecular weight is 308 g/mol. The van der Waals surface area contributed by atoms with Crippen LogP contribution in [0.1, 0.15) is 20.3 Å². The molecular formula is C16H23FN3O2+. The molecule has 120 valence electrons. The van der Waals surface area contributed by atoms with Gasteiger partial charge in [0, 0.05) is 11.8 Å². The van der Waals surface area contributed by atoms with Crippen molar-refractivity contribution in [3.05, 3.63) is 30.1 Å². The zero-order chi connectivity index (χ0) is 16.1. The van der Waals surface area contributed by atoms with Gasteiger partial charge >= 0.3 is 6.03 Å². The van der Waals surface area contributed by atoms with Crippen LogP contribution in [-0.2, 0) is 4.79 Å². The molecule has 0 aliphatic carbocycles. The summed E-state index contributed by atoms with van der Waals surface area (Å²) in [6.07, 6.45) is 1.18. The number of likely N-dealkylation sites (tertiary alicyclic amines) is 1. The second kappa shape index (κ2) is 7.35. The van der Waals surface area contributed by atoms with Crippen molar-refractivity contribution in [2.75, 3.05) is 25.0 Å². The first-order chi connectivity index (χ1) is 10.4. The largest absolute Gasteiger partial charge is 0.327 e. The average Bonchev–Trinajstić information content (AvgIpc) is 2.39. The van der Waals surface area contributed by atoms with Gasteiger partial charge in [-0.05, 0) is 18.6 Å². The van der Waals surface area contributed by atoms with Crippen molar-refractivity contribution in [1.82, 2.24) is 5.32 Å². The number of imide groups is 1. The van der Waals surface area contributed by atoms with E-state index in [1.54, 1.807) is 6.07 Å². The predicted octanol–water partition coefficient (Wildman–Crippen LogP) is 1.03. The lowest BCUT2D eigenvalue weighted by Crippen LogP contribution is -3.15. The molecular weight excluding hydrogens is 285 g/mol. The van der Waals surface area contributed by atoms with Crippen LogP contribution >= 0.6 is 0 Å². The Kier molecular flexibility index (Phi) is 5.49. The first kappa shape index (κ1) is 16.4. The summed E-state index contributed by atoms with van der Waals surface area (Å²) in [5, 5.41) is 4.60. The van der Waals surface area contributed by atoms with E-state index in [0.717, 1.165) is 13.1 Å². The standard InChI is InChI=1S/C16H22FN3O2/c1-11-7-12(2)9-20(8-11)10-15(21)19-16(22)18-14-6-4-3-5-13(14)17/h3-6,11-12H,7-10H2,1-2H3,(H2,18,19,21,22)/p+1/t11-,12+. The highest BCUT2D eigenvalue weighted by Gasteiger charge is 2.27. The van der Waals surface area contributed by atoms with Crippen LogP contribution in [0.3, 0.4) is 0 Å². The van der Waals surface area contributed by atoms with Gasteiger partial charge in [-0.2, -0.15) is 0 Å². The molecule has 2 rings (SSSR count). The van der Waals surface area contributed by atoms with E-state index in [4.69, 9.17) is 0 Å². The Labute approximate surface area is 129 Å². The number of rotatable bonds is 3. The number of quaternary nitrogens is 1. The monoisotopic (exact) mass is 308 g/mol. The van der Waals surface area contributed by atoms with E-state index >= 15 is 0 Å². The van der Waals surface area contributed by atoms with Gasteiger partial charge in [-0.3, -0.25) is 10.1 Å². The highest BCUT2D eigenvalue weighted by molar-refractivity contribution is 6.01. The third-order valence-electron chi connectivity index (χ3n) is 3.86. The minimum atomic E-state index is -0.701. The summed E-state index contributed by atoms with van der Waals surface area (Å²) in [4.78, 5) is 24.8. The summed E-state index contributed by atoms with van der Waals surface area (Å²) < 4.78 is 13.4. The number of carbonyl (C=O) groups excluding carboxylic acids is 2. The lowest BCUT2D eigenvalue weighted by molar-refractivity contribution is -0.904. The molecule has 3 atom stereocenters. The molecule has 22 heavy (non-hydrogen) atoms. The molecule has 0 spiro atoms. The molecule has 1 unspecified atom stereocenters. The summed E-state index contributed by atoms with van der Waals surface area (Å²) in [7, 11) is 0. The zero-order valence-electron chi connectivity index (χ0n) is 13.0. The number of carbonyl (C=O) groups is 2. The number of benzene rings is 1. The molecule has 1 aromatic carbocycles. The van der Waals surface area contributed by atoms with E-state index in [1.165, 1.54) is 29.5 Å². The number of halogens is 1. The fourth-order valence-electron chi connectivity index (χ4n) is 3.18. The highest BCUT2D eigenvalue weighted by atomic mass is 19.1. The maximum atomic E-state index is 13.4. The lowest BCUT2D eigenvalue weighted by atomic mass is 9.92. The van der Waals surface area contributed by atoms with Gasteiger partial charge in [0.05, 0.1) is 18.8 Å². The third-order valence-corrected chi connectivity index (χ3v) is 3.86. The Hall–Kier alpha value is -1.95. The van der Waals surface area contributed by atoms with Gasteiger partial charge in [-0.1, -0.05) is 26.0 Å². The summed E-state index contributed by atoms with van der Waals surface area (Å²) >= 11 is 0. The zero-order valence-corrected chi connectivity index (χ0v) is 13.0. The Balaban J connectivity index is 1.81. The SMILES string of the molecule is C[C@@H]1C[C@H](C)C[NH+](CC(=O)NC(=O)Nc2ccccc2F)C1. The summed E-state index contributed by atoms with van der Waals surface area (Å²) in [5.74, 6) is 0.289. The number of piperidine rings is 1. The fraction of sp³-hybridized carbons (Fsp3) is 0.500. The van der Waals surface area contributed by atoms with Crippen LogP contribution in [0.2, 0.25) is 0 Å². The Morgan fingerprint density at radius 2 is 1.86 bits per heavy atom. The van der Waals surface area contributed by atoms with E-state index in [0.29, 0.717) is 11.8 Å². The first-order valence-electron chi connectivity index (χ1n) is 7.63. The molecule has 1 saturated heterocycles. The fourth-order valence-corrected chi connectivity index (χ4v) is 3.18. The van der Waals surface area contributed by atoms with Crippen molar-refractivity contribution in [3.8, 4) is 0 Å². The van der Waals surface area contributed by atoms with Crippen molar-refractivity contribution in [1.29, 1.82) is 0 Å². The Morgan fingerprint density at radius 3 is 2.50 bits per heavy atom. The van der Waals surface area contributed by atoms with Crippen LogP contribution in [0.5, 0.6) is 0 Å². The molecule has 1 aromatic rings. The van der Waals surface area contributed by atoms with Crippen LogP contribution < -0.4 is 15.5 Å². The van der Waals surface area contributed by atoms with Crippen LogP contribution in [-0.4, -0.2) is 31.6 Å². The number of para-hydroxylation sites is 1. The van der Waals surface area contributed by atoms with Crippen LogP contribution in [0.4, 0.5) is 14.9 Å². The Bertz CT molecular complexity index is 540. The number of anilines is 1. The molecule has 5 nitrogen and oxygen atoms in total. The molecule has 0 radical (unpaired) electrons. The van der Waals surface area contributed by atoms with Gasteiger partial charge in [0.1, 0.15) is 5.82 Å². The van der Waals surface area contributed by atoms with Crippen molar-refractivity contribution >= 4 is 17.6 Å². The second-order valence-electron chi connectivity index (χ2n) is 6.26. The van der Waals surface area contributed by atoms with Gasteiger partial charge in [-0.25, -0.2) is 9.18 Å². The van der Waals surface area contributed by atoms with Crippen LogP contribution in [0.25, 0.3) is 0 Å². The van der Waals surface area contributed by atoms with Crippen molar-refractivity contribution in [3.63, 3.8) is 0 Å². The van der Waals surface area contributed by atoms with Crippen molar-refractivity contribution < 1.29 is 18.9 Å². The molecule has 1 heterocycles. The first-order valence-corrected chi connectivity index (χ1v) is 7.63. The summed E-state index contributed by atoms with van der Waals surface area (Å²) in [5.41, 5.74) is 0.0559. The van der Waals surface area contributed by atoms with E-state index in [2.05, 4.69) is 24.5 Å². The molecule has 0 saturated carbocycles. The van der Waals surface area contributed by atoms with Gasteiger partial charge in [0.25, 0.3) is 5.91 Å². The quantitative estimate of drug-likeness (QED) is 0.781. The molecule has 3 amide bonds. The number of hydrogen-bond donors (Lipinski definition) is 3. The smallest absolute Gasteiger partial charge is 0.326 e. The summed E-state index contributed by atoms with van der Waals surface area (Å²) in [6.45, 7) is 6.50. The van der Waals surface area contributed by atoms with Crippen LogP contribution in [0.15, 0.2) is 24.3 Å². The second-order valence-corrected chi connectivity index (χ2v) is 6.26.